The lowest BCUT2D eigenvalue weighted by Crippen LogP contribution is -2.37. The zero-order valence-electron chi connectivity index (χ0n) is 24.6. The average Bonchev–Trinajstić information content (AvgIpc) is 3.65. The van der Waals surface area contributed by atoms with Crippen LogP contribution in [0.15, 0.2) is 41.8 Å². The van der Waals surface area contributed by atoms with Crippen LogP contribution < -0.4 is 18.9 Å². The van der Waals surface area contributed by atoms with Crippen LogP contribution in [0.25, 0.3) is 0 Å². The molecule has 2 aromatic carbocycles. The molecule has 2 unspecified atom stereocenters. The Hall–Kier alpha value is -3.30. The molecule has 0 spiro atoms. The first kappa shape index (κ1) is 27.8. The summed E-state index contributed by atoms with van der Waals surface area (Å²) in [5.41, 5.74) is 3.16. The van der Waals surface area contributed by atoms with Gasteiger partial charge in [0.05, 0.1) is 20.8 Å². The second-order valence-corrected chi connectivity index (χ2v) is 13.7. The van der Waals surface area contributed by atoms with Gasteiger partial charge in [0.2, 0.25) is 6.79 Å². The largest absolute Gasteiger partial charge is 0.497 e. The fourth-order valence-corrected chi connectivity index (χ4v) is 8.02. The summed E-state index contributed by atoms with van der Waals surface area (Å²) in [6, 6.07) is 12.2. The minimum atomic E-state index is 0.0677. The van der Waals surface area contributed by atoms with Gasteiger partial charge in [-0.25, -0.2) is 4.98 Å². The molecule has 1 aromatic heterocycles. The van der Waals surface area contributed by atoms with Crippen LogP contribution in [0, 0.1) is 10.8 Å². The van der Waals surface area contributed by atoms with E-state index in [1.807, 2.05) is 35.7 Å². The molecule has 2 aliphatic heterocycles. The second kappa shape index (κ2) is 10.8. The molecule has 6 rings (SSSR count). The number of aromatic nitrogens is 1. The Morgan fingerprint density at radius 2 is 1.88 bits per heavy atom. The second-order valence-electron chi connectivity index (χ2n) is 12.8. The number of rotatable bonds is 9. The van der Waals surface area contributed by atoms with Crippen molar-refractivity contribution in [3.05, 3.63) is 63.6 Å². The number of benzene rings is 2. The molecule has 3 aliphatic rings. The number of carbonyl (C=O) groups is 1. The van der Waals surface area contributed by atoms with Crippen molar-refractivity contribution < 1.29 is 23.7 Å². The summed E-state index contributed by atoms with van der Waals surface area (Å²) in [5, 5.41) is 2.84. The standard InChI is InChI=1S/C32H39N3O5S/c1-31(2)12-23-13-32(3,18-31)19-35(23)30(36)25-17-41-29(33-25)16-34(14-21-6-9-26-28(10-21)40-20-39-26)15-22-7-8-24(37-4)11-27(22)38-5/h6-11,17,23H,12-16,18-20H2,1-5H3. The molecular formula is C32H39N3O5S. The van der Waals surface area contributed by atoms with Crippen molar-refractivity contribution in [3.63, 3.8) is 0 Å². The molecule has 218 valence electrons. The number of hydrogen-bond acceptors (Lipinski definition) is 8. The number of thiazole rings is 1. The number of amides is 1. The van der Waals surface area contributed by atoms with Crippen molar-refractivity contribution in [2.45, 2.75) is 65.7 Å². The SMILES string of the molecule is COc1ccc(CN(Cc2ccc3c(c2)OCO3)Cc2nc(C(=O)N3CC4(C)CC3CC(C)(C)C4)cs2)c(OC)c1. The first-order valence-electron chi connectivity index (χ1n) is 14.2. The Labute approximate surface area is 246 Å². The summed E-state index contributed by atoms with van der Waals surface area (Å²) in [5.74, 6) is 3.12. The molecule has 0 N–H and O–H groups in total. The Morgan fingerprint density at radius 1 is 1.05 bits per heavy atom. The van der Waals surface area contributed by atoms with E-state index in [9.17, 15) is 4.79 Å². The zero-order valence-corrected chi connectivity index (χ0v) is 25.4. The van der Waals surface area contributed by atoms with Crippen molar-refractivity contribution in [1.82, 2.24) is 14.8 Å². The maximum atomic E-state index is 13.7. The zero-order chi connectivity index (χ0) is 28.8. The van der Waals surface area contributed by atoms with Gasteiger partial charge in [-0.15, -0.1) is 11.3 Å². The molecule has 1 saturated heterocycles. The summed E-state index contributed by atoms with van der Waals surface area (Å²) in [7, 11) is 3.33. The highest BCUT2D eigenvalue weighted by molar-refractivity contribution is 7.09. The Balaban J connectivity index is 1.22. The molecule has 3 aromatic rings. The monoisotopic (exact) mass is 577 g/mol. The van der Waals surface area contributed by atoms with Gasteiger partial charge in [-0.3, -0.25) is 9.69 Å². The predicted molar refractivity (Wildman–Crippen MR) is 158 cm³/mol. The predicted octanol–water partition coefficient (Wildman–Crippen LogP) is 6.13. The third-order valence-electron chi connectivity index (χ3n) is 8.54. The van der Waals surface area contributed by atoms with Gasteiger partial charge in [0.15, 0.2) is 11.5 Å². The third-order valence-corrected chi connectivity index (χ3v) is 9.37. The fraction of sp³-hybridized carbons (Fsp3) is 0.500. The van der Waals surface area contributed by atoms with E-state index in [0.717, 1.165) is 64.9 Å². The molecule has 41 heavy (non-hydrogen) atoms. The van der Waals surface area contributed by atoms with E-state index >= 15 is 0 Å². The Kier molecular flexibility index (Phi) is 7.36. The number of fused-ring (bicyclic) bond motifs is 3. The number of methoxy groups -OCH3 is 2. The van der Waals surface area contributed by atoms with Gasteiger partial charge in [-0.05, 0) is 53.9 Å². The van der Waals surface area contributed by atoms with Gasteiger partial charge in [-0.2, -0.15) is 0 Å². The third kappa shape index (κ3) is 5.88. The van der Waals surface area contributed by atoms with Gasteiger partial charge in [0, 0.05) is 42.7 Å². The van der Waals surface area contributed by atoms with E-state index in [4.69, 9.17) is 23.9 Å². The smallest absolute Gasteiger partial charge is 0.273 e. The fourth-order valence-electron chi connectivity index (χ4n) is 7.21. The molecule has 8 nitrogen and oxygen atoms in total. The van der Waals surface area contributed by atoms with Crippen molar-refractivity contribution in [2.75, 3.05) is 27.6 Å². The van der Waals surface area contributed by atoms with E-state index in [1.165, 1.54) is 0 Å². The van der Waals surface area contributed by atoms with Gasteiger partial charge in [-0.1, -0.05) is 32.9 Å². The van der Waals surface area contributed by atoms with Gasteiger partial charge in [0.1, 0.15) is 22.2 Å². The normalized spacial score (nSPS) is 22.3. The minimum Gasteiger partial charge on any atom is -0.497 e. The van der Waals surface area contributed by atoms with Crippen LogP contribution in [0.4, 0.5) is 0 Å². The highest BCUT2D eigenvalue weighted by Crippen LogP contribution is 2.52. The van der Waals surface area contributed by atoms with Gasteiger partial charge < -0.3 is 23.8 Å². The van der Waals surface area contributed by atoms with Crippen LogP contribution in [-0.4, -0.2) is 54.3 Å². The van der Waals surface area contributed by atoms with E-state index in [-0.39, 0.29) is 23.5 Å². The van der Waals surface area contributed by atoms with Crippen molar-refractivity contribution >= 4 is 17.2 Å². The van der Waals surface area contributed by atoms with Crippen LogP contribution >= 0.6 is 11.3 Å². The van der Waals surface area contributed by atoms with Crippen LogP contribution in [0.5, 0.6) is 23.0 Å². The molecule has 1 amide bonds. The van der Waals surface area contributed by atoms with Crippen molar-refractivity contribution in [1.29, 1.82) is 0 Å². The molecule has 9 heteroatoms. The highest BCUT2D eigenvalue weighted by atomic mass is 32.1. The summed E-state index contributed by atoms with van der Waals surface area (Å²) >= 11 is 1.55. The number of likely N-dealkylation sites (tertiary alicyclic amines) is 1. The first-order valence-corrected chi connectivity index (χ1v) is 15.1. The topological polar surface area (TPSA) is 73.4 Å². The highest BCUT2D eigenvalue weighted by Gasteiger charge is 2.51. The molecule has 2 bridgehead atoms. The lowest BCUT2D eigenvalue weighted by atomic mass is 9.65. The number of hydrogen-bond donors (Lipinski definition) is 0. The molecule has 2 fully saturated rings. The van der Waals surface area contributed by atoms with E-state index in [1.54, 1.807) is 25.6 Å². The van der Waals surface area contributed by atoms with Crippen LogP contribution in [0.2, 0.25) is 0 Å². The van der Waals surface area contributed by atoms with Crippen LogP contribution in [0.1, 0.15) is 66.7 Å². The van der Waals surface area contributed by atoms with Crippen LogP contribution in [0.3, 0.4) is 0 Å². The van der Waals surface area contributed by atoms with E-state index in [2.05, 4.69) is 36.6 Å². The number of carbonyl (C=O) groups excluding carboxylic acids is 1. The molecular weight excluding hydrogens is 538 g/mol. The minimum absolute atomic E-state index is 0.0677. The average molecular weight is 578 g/mol. The van der Waals surface area contributed by atoms with E-state index < -0.39 is 0 Å². The maximum Gasteiger partial charge on any atom is 0.273 e. The molecule has 2 atom stereocenters. The quantitative estimate of drug-likeness (QED) is 0.303. The van der Waals surface area contributed by atoms with Gasteiger partial charge >= 0.3 is 0 Å². The Morgan fingerprint density at radius 3 is 2.68 bits per heavy atom. The molecule has 1 aliphatic carbocycles. The summed E-state index contributed by atoms with van der Waals surface area (Å²) in [6.45, 7) is 9.95. The first-order chi connectivity index (χ1) is 19.6. The number of nitrogens with zero attached hydrogens (tertiary/aromatic N) is 3. The molecule has 1 saturated carbocycles. The van der Waals surface area contributed by atoms with Gasteiger partial charge in [0.25, 0.3) is 5.91 Å². The summed E-state index contributed by atoms with van der Waals surface area (Å²) in [4.78, 5) is 23.0. The Bertz CT molecular complexity index is 1440. The maximum absolute atomic E-state index is 13.7. The summed E-state index contributed by atoms with van der Waals surface area (Å²) < 4.78 is 22.2. The van der Waals surface area contributed by atoms with Crippen LogP contribution in [-0.2, 0) is 19.6 Å². The molecule has 3 heterocycles. The molecule has 0 radical (unpaired) electrons. The van der Waals surface area contributed by atoms with E-state index in [0.29, 0.717) is 31.4 Å². The lowest BCUT2D eigenvalue weighted by Gasteiger charge is -2.39. The number of ether oxygens (including phenoxy) is 4. The van der Waals surface area contributed by atoms with Crippen molar-refractivity contribution in [3.8, 4) is 23.0 Å². The summed E-state index contributed by atoms with van der Waals surface area (Å²) in [6.07, 6.45) is 3.30. The lowest BCUT2D eigenvalue weighted by molar-refractivity contribution is 0.0702. The van der Waals surface area contributed by atoms with Crippen molar-refractivity contribution in [2.24, 2.45) is 10.8 Å².